The average molecular weight is 318 g/mol. The zero-order chi connectivity index (χ0) is 16.1. The molecule has 0 fully saturated rings. The highest BCUT2D eigenvalue weighted by molar-refractivity contribution is 6.32. The van der Waals surface area contributed by atoms with E-state index in [1.54, 1.807) is 0 Å². The molecular formula is C19H24ClNO. The molecule has 2 rings (SSSR count). The molecule has 2 unspecified atom stereocenters. The molecule has 118 valence electrons. The molecule has 22 heavy (non-hydrogen) atoms. The van der Waals surface area contributed by atoms with E-state index in [-0.39, 0.29) is 12.0 Å². The first-order chi connectivity index (χ1) is 10.5. The minimum Gasteiger partial charge on any atom is -0.484 e. The largest absolute Gasteiger partial charge is 0.484 e. The lowest BCUT2D eigenvalue weighted by Crippen LogP contribution is -2.23. The fraction of sp³-hybridized carbons (Fsp3) is 0.368. The fourth-order valence-corrected chi connectivity index (χ4v) is 2.62. The first-order valence-electron chi connectivity index (χ1n) is 7.74. The van der Waals surface area contributed by atoms with Crippen LogP contribution in [0.15, 0.2) is 48.5 Å². The van der Waals surface area contributed by atoms with Crippen molar-refractivity contribution in [3.8, 4) is 5.75 Å². The summed E-state index contributed by atoms with van der Waals surface area (Å²) in [7, 11) is 0. The molecule has 2 atom stereocenters. The second kappa shape index (κ2) is 7.66. The van der Waals surface area contributed by atoms with Crippen LogP contribution in [0, 0.1) is 5.92 Å². The van der Waals surface area contributed by atoms with E-state index in [1.165, 1.54) is 5.56 Å². The monoisotopic (exact) mass is 317 g/mol. The summed E-state index contributed by atoms with van der Waals surface area (Å²) in [6, 6.07) is 16.2. The predicted molar refractivity (Wildman–Crippen MR) is 93.6 cm³/mol. The Morgan fingerprint density at radius 3 is 2.23 bits per heavy atom. The van der Waals surface area contributed by atoms with Gasteiger partial charge in [0, 0.05) is 5.92 Å². The molecule has 2 N–H and O–H groups in total. The van der Waals surface area contributed by atoms with Gasteiger partial charge in [-0.05, 0) is 35.7 Å². The standard InChI is InChI=1S/C19H24ClNO/c1-13(2)16-9-10-18(17(20)11-16)22-19(14(3)12-21)15-7-5-4-6-8-15/h4-11,13-14,19H,12,21H2,1-3H3. The zero-order valence-corrected chi connectivity index (χ0v) is 14.2. The Hall–Kier alpha value is -1.51. The van der Waals surface area contributed by atoms with Gasteiger partial charge in [0.1, 0.15) is 11.9 Å². The molecule has 0 spiro atoms. The maximum absolute atomic E-state index is 6.40. The molecule has 0 aliphatic heterocycles. The maximum Gasteiger partial charge on any atom is 0.138 e. The van der Waals surface area contributed by atoms with Gasteiger partial charge in [-0.2, -0.15) is 0 Å². The van der Waals surface area contributed by atoms with Crippen molar-refractivity contribution in [2.45, 2.75) is 32.8 Å². The summed E-state index contributed by atoms with van der Waals surface area (Å²) in [4.78, 5) is 0. The van der Waals surface area contributed by atoms with Crippen LogP contribution in [0.4, 0.5) is 0 Å². The lowest BCUT2D eigenvalue weighted by atomic mass is 9.97. The van der Waals surface area contributed by atoms with Crippen molar-refractivity contribution in [3.05, 3.63) is 64.7 Å². The lowest BCUT2D eigenvalue weighted by molar-refractivity contribution is 0.148. The highest BCUT2D eigenvalue weighted by atomic mass is 35.5. The third kappa shape index (κ3) is 4.02. The average Bonchev–Trinajstić information content (AvgIpc) is 2.53. The summed E-state index contributed by atoms with van der Waals surface area (Å²) in [5, 5.41) is 0.649. The van der Waals surface area contributed by atoms with Crippen LogP contribution in [0.2, 0.25) is 5.02 Å². The second-order valence-corrected chi connectivity index (χ2v) is 6.41. The quantitative estimate of drug-likeness (QED) is 0.796. The number of hydrogen-bond acceptors (Lipinski definition) is 2. The third-order valence-electron chi connectivity index (χ3n) is 3.89. The van der Waals surface area contributed by atoms with E-state index in [1.807, 2.05) is 30.3 Å². The van der Waals surface area contributed by atoms with Gasteiger partial charge < -0.3 is 10.5 Å². The molecule has 2 nitrogen and oxygen atoms in total. The molecule has 3 heteroatoms. The van der Waals surface area contributed by atoms with Crippen LogP contribution in [-0.2, 0) is 0 Å². The van der Waals surface area contributed by atoms with E-state index >= 15 is 0 Å². The van der Waals surface area contributed by atoms with Gasteiger partial charge in [0.15, 0.2) is 0 Å². The summed E-state index contributed by atoms with van der Waals surface area (Å²) in [6.07, 6.45) is -0.103. The molecule has 0 saturated heterocycles. The zero-order valence-electron chi connectivity index (χ0n) is 13.4. The van der Waals surface area contributed by atoms with Gasteiger partial charge in [0.05, 0.1) is 5.02 Å². The molecule has 0 bridgehead atoms. The summed E-state index contributed by atoms with van der Waals surface area (Å²) in [6.45, 7) is 6.94. The van der Waals surface area contributed by atoms with Crippen molar-refractivity contribution in [1.82, 2.24) is 0 Å². The van der Waals surface area contributed by atoms with Gasteiger partial charge >= 0.3 is 0 Å². The van der Waals surface area contributed by atoms with Crippen LogP contribution >= 0.6 is 11.6 Å². The Kier molecular flexibility index (Phi) is 5.87. The van der Waals surface area contributed by atoms with E-state index in [4.69, 9.17) is 22.1 Å². The van der Waals surface area contributed by atoms with Gasteiger partial charge in [-0.15, -0.1) is 0 Å². The third-order valence-corrected chi connectivity index (χ3v) is 4.19. The molecule has 2 aromatic rings. The maximum atomic E-state index is 6.40. The molecule has 0 aromatic heterocycles. The van der Waals surface area contributed by atoms with E-state index in [0.29, 0.717) is 23.2 Å². The Balaban J connectivity index is 2.28. The minimum absolute atomic E-state index is 0.103. The summed E-state index contributed by atoms with van der Waals surface area (Å²) < 4.78 is 6.21. The van der Waals surface area contributed by atoms with Crippen LogP contribution in [-0.4, -0.2) is 6.54 Å². The highest BCUT2D eigenvalue weighted by Gasteiger charge is 2.21. The summed E-state index contributed by atoms with van der Waals surface area (Å²) in [5.41, 5.74) is 8.18. The molecule has 0 saturated carbocycles. The topological polar surface area (TPSA) is 35.2 Å². The van der Waals surface area contributed by atoms with Gasteiger partial charge in [-0.25, -0.2) is 0 Å². The number of rotatable bonds is 6. The summed E-state index contributed by atoms with van der Waals surface area (Å²) in [5.74, 6) is 1.35. The Morgan fingerprint density at radius 2 is 1.68 bits per heavy atom. The number of nitrogens with two attached hydrogens (primary N) is 1. The predicted octanol–water partition coefficient (Wildman–Crippen LogP) is 5.18. The first-order valence-corrected chi connectivity index (χ1v) is 8.11. The van der Waals surface area contributed by atoms with Gasteiger partial charge in [-0.3, -0.25) is 0 Å². The number of halogens is 1. The van der Waals surface area contributed by atoms with Crippen molar-refractivity contribution in [2.24, 2.45) is 11.7 Å². The van der Waals surface area contributed by atoms with Crippen molar-refractivity contribution < 1.29 is 4.74 Å². The highest BCUT2D eigenvalue weighted by Crippen LogP contribution is 2.34. The van der Waals surface area contributed by atoms with Crippen LogP contribution in [0.3, 0.4) is 0 Å². The number of ether oxygens (including phenoxy) is 1. The Morgan fingerprint density at radius 1 is 1.00 bits per heavy atom. The van der Waals surface area contributed by atoms with E-state index in [9.17, 15) is 0 Å². The van der Waals surface area contributed by atoms with E-state index in [2.05, 4.69) is 39.0 Å². The van der Waals surface area contributed by atoms with Crippen LogP contribution < -0.4 is 10.5 Å². The van der Waals surface area contributed by atoms with Crippen LogP contribution in [0.1, 0.15) is 43.9 Å². The molecule has 0 aliphatic rings. The SMILES string of the molecule is CC(C)c1ccc(OC(c2ccccc2)C(C)CN)c(Cl)c1. The number of benzene rings is 2. The van der Waals surface area contributed by atoms with Gasteiger partial charge in [-0.1, -0.05) is 68.8 Å². The Labute approximate surface area is 138 Å². The second-order valence-electron chi connectivity index (χ2n) is 6.01. The van der Waals surface area contributed by atoms with Crippen molar-refractivity contribution >= 4 is 11.6 Å². The van der Waals surface area contributed by atoms with E-state index < -0.39 is 0 Å². The van der Waals surface area contributed by atoms with Crippen LogP contribution in [0.5, 0.6) is 5.75 Å². The molecule has 0 amide bonds. The molecule has 2 aromatic carbocycles. The lowest BCUT2D eigenvalue weighted by Gasteiger charge is -2.25. The van der Waals surface area contributed by atoms with Gasteiger partial charge in [0.2, 0.25) is 0 Å². The molecule has 0 heterocycles. The minimum atomic E-state index is -0.103. The van der Waals surface area contributed by atoms with Crippen molar-refractivity contribution in [2.75, 3.05) is 6.54 Å². The van der Waals surface area contributed by atoms with E-state index in [0.717, 1.165) is 5.56 Å². The molecule has 0 aliphatic carbocycles. The Bertz CT molecular complexity index is 598. The van der Waals surface area contributed by atoms with Crippen molar-refractivity contribution in [3.63, 3.8) is 0 Å². The smallest absolute Gasteiger partial charge is 0.138 e. The molecular weight excluding hydrogens is 294 g/mol. The number of hydrogen-bond donors (Lipinski definition) is 1. The van der Waals surface area contributed by atoms with Gasteiger partial charge in [0.25, 0.3) is 0 Å². The normalized spacial score (nSPS) is 13.9. The molecule has 0 radical (unpaired) electrons. The fourth-order valence-electron chi connectivity index (χ4n) is 2.39. The summed E-state index contributed by atoms with van der Waals surface area (Å²) >= 11 is 6.40. The van der Waals surface area contributed by atoms with Crippen molar-refractivity contribution in [1.29, 1.82) is 0 Å². The van der Waals surface area contributed by atoms with Crippen LogP contribution in [0.25, 0.3) is 0 Å². The first kappa shape index (κ1) is 16.9.